The van der Waals surface area contributed by atoms with Crippen molar-refractivity contribution in [2.75, 3.05) is 18.5 Å². The fraction of sp³-hybridized carbons (Fsp3) is 0.222. The molecule has 0 unspecified atom stereocenters. The Morgan fingerprint density at radius 2 is 2.00 bits per heavy atom. The SMILES string of the molecule is CN(CCc1ccccc1)c1nccc(C=C2SC(=O)CC2=O)n1. The number of carbonyl (C=O) groups excluding carboxylic acids is 2. The molecule has 1 aromatic carbocycles. The minimum atomic E-state index is -0.136. The largest absolute Gasteiger partial charge is 0.344 e. The molecule has 0 atom stereocenters. The lowest BCUT2D eigenvalue weighted by Crippen LogP contribution is -2.22. The van der Waals surface area contributed by atoms with Gasteiger partial charge >= 0.3 is 0 Å². The van der Waals surface area contributed by atoms with E-state index in [9.17, 15) is 9.59 Å². The Morgan fingerprint density at radius 3 is 2.71 bits per heavy atom. The van der Waals surface area contributed by atoms with Gasteiger partial charge in [-0.1, -0.05) is 30.3 Å². The zero-order valence-corrected chi connectivity index (χ0v) is 14.1. The van der Waals surface area contributed by atoms with E-state index in [-0.39, 0.29) is 17.3 Å². The first-order valence-corrected chi connectivity index (χ1v) is 8.47. The lowest BCUT2D eigenvalue weighted by atomic mass is 10.1. The predicted molar refractivity (Wildman–Crippen MR) is 95.6 cm³/mol. The number of nitrogens with zero attached hydrogens (tertiary/aromatic N) is 3. The van der Waals surface area contributed by atoms with Gasteiger partial charge in [-0.15, -0.1) is 0 Å². The van der Waals surface area contributed by atoms with Gasteiger partial charge in [-0.3, -0.25) is 9.59 Å². The maximum atomic E-state index is 11.7. The van der Waals surface area contributed by atoms with Crippen molar-refractivity contribution >= 4 is 34.7 Å². The number of hydrogen-bond donors (Lipinski definition) is 0. The second-order valence-corrected chi connectivity index (χ2v) is 6.62. The van der Waals surface area contributed by atoms with Crippen LogP contribution in [0.5, 0.6) is 0 Å². The van der Waals surface area contributed by atoms with Gasteiger partial charge in [0.2, 0.25) is 11.1 Å². The van der Waals surface area contributed by atoms with Crippen LogP contribution in [0.3, 0.4) is 0 Å². The molecule has 2 aromatic rings. The number of ketones is 1. The Hall–Kier alpha value is -2.47. The van der Waals surface area contributed by atoms with E-state index in [0.29, 0.717) is 16.5 Å². The number of benzene rings is 1. The van der Waals surface area contributed by atoms with Crippen LogP contribution in [0.4, 0.5) is 5.95 Å². The monoisotopic (exact) mass is 339 g/mol. The number of thioether (sulfide) groups is 1. The molecular weight excluding hydrogens is 322 g/mol. The molecular formula is C18H17N3O2S. The zero-order valence-electron chi connectivity index (χ0n) is 13.3. The number of likely N-dealkylation sites (N-methyl/N-ethyl adjacent to an activating group) is 1. The number of carbonyl (C=O) groups is 2. The molecule has 2 heterocycles. The van der Waals surface area contributed by atoms with Crippen LogP contribution in [0.25, 0.3) is 6.08 Å². The topological polar surface area (TPSA) is 63.2 Å². The third-order valence-corrected chi connectivity index (χ3v) is 4.60. The highest BCUT2D eigenvalue weighted by atomic mass is 32.2. The summed E-state index contributed by atoms with van der Waals surface area (Å²) < 4.78 is 0. The summed E-state index contributed by atoms with van der Waals surface area (Å²) in [6, 6.07) is 12.0. The Kier molecular flexibility index (Phi) is 5.05. The molecule has 6 heteroatoms. The van der Waals surface area contributed by atoms with Crippen molar-refractivity contribution in [1.82, 2.24) is 9.97 Å². The van der Waals surface area contributed by atoms with Crippen LogP contribution >= 0.6 is 11.8 Å². The fourth-order valence-electron chi connectivity index (χ4n) is 2.35. The highest BCUT2D eigenvalue weighted by Crippen LogP contribution is 2.30. The molecule has 0 N–H and O–H groups in total. The Morgan fingerprint density at radius 1 is 1.21 bits per heavy atom. The normalized spacial score (nSPS) is 16.0. The average molecular weight is 339 g/mol. The number of aromatic nitrogens is 2. The third kappa shape index (κ3) is 4.08. The second kappa shape index (κ2) is 7.40. The molecule has 5 nitrogen and oxygen atoms in total. The summed E-state index contributed by atoms with van der Waals surface area (Å²) in [5.74, 6) is 0.463. The summed E-state index contributed by atoms with van der Waals surface area (Å²) in [4.78, 5) is 34.2. The van der Waals surface area contributed by atoms with E-state index < -0.39 is 0 Å². The van der Waals surface area contributed by atoms with E-state index in [1.165, 1.54) is 5.56 Å². The summed E-state index contributed by atoms with van der Waals surface area (Å²) in [6.07, 6.45) is 4.20. The maximum Gasteiger partial charge on any atom is 0.225 e. The summed E-state index contributed by atoms with van der Waals surface area (Å²) in [6.45, 7) is 0.788. The molecule has 0 amide bonds. The van der Waals surface area contributed by atoms with Crippen LogP contribution in [0.1, 0.15) is 17.7 Å². The van der Waals surface area contributed by atoms with Gasteiger partial charge in [0, 0.05) is 19.8 Å². The van der Waals surface area contributed by atoms with Gasteiger partial charge in [0.1, 0.15) is 0 Å². The van der Waals surface area contributed by atoms with Crippen molar-refractivity contribution < 1.29 is 9.59 Å². The minimum absolute atomic E-state index is 0.0224. The fourth-order valence-corrected chi connectivity index (χ4v) is 3.16. The molecule has 0 radical (unpaired) electrons. The average Bonchev–Trinajstić information content (AvgIpc) is 2.91. The zero-order chi connectivity index (χ0) is 16.9. The van der Waals surface area contributed by atoms with E-state index >= 15 is 0 Å². The molecule has 1 saturated heterocycles. The quantitative estimate of drug-likeness (QED) is 0.616. The molecule has 1 aliphatic rings. The van der Waals surface area contributed by atoms with Gasteiger partial charge in [0.25, 0.3) is 0 Å². The molecule has 1 aromatic heterocycles. The van der Waals surface area contributed by atoms with Gasteiger partial charge in [0.05, 0.1) is 17.0 Å². The summed E-state index contributed by atoms with van der Waals surface area (Å²) in [7, 11) is 1.94. The van der Waals surface area contributed by atoms with Gasteiger partial charge in [0.15, 0.2) is 5.78 Å². The van der Waals surface area contributed by atoms with Crippen LogP contribution in [0, 0.1) is 0 Å². The van der Waals surface area contributed by atoms with Crippen LogP contribution < -0.4 is 4.90 Å². The van der Waals surface area contributed by atoms with Crippen LogP contribution in [-0.2, 0) is 16.0 Å². The summed E-state index contributed by atoms with van der Waals surface area (Å²) in [5.41, 5.74) is 1.89. The highest BCUT2D eigenvalue weighted by Gasteiger charge is 2.25. The lowest BCUT2D eigenvalue weighted by molar-refractivity contribution is -0.119. The molecule has 1 aliphatic heterocycles. The smallest absolute Gasteiger partial charge is 0.225 e. The molecule has 24 heavy (non-hydrogen) atoms. The molecule has 0 aliphatic carbocycles. The first kappa shape index (κ1) is 16.4. The number of hydrogen-bond acceptors (Lipinski definition) is 6. The van der Waals surface area contributed by atoms with Crippen LogP contribution in [-0.4, -0.2) is 34.5 Å². The first-order chi connectivity index (χ1) is 11.6. The Bertz CT molecular complexity index is 790. The Labute approximate surface area is 144 Å². The van der Waals surface area contributed by atoms with Crippen molar-refractivity contribution in [3.05, 3.63) is 58.8 Å². The van der Waals surface area contributed by atoms with Gasteiger partial charge in [-0.05, 0) is 35.9 Å². The van der Waals surface area contributed by atoms with E-state index in [1.54, 1.807) is 18.3 Å². The lowest BCUT2D eigenvalue weighted by Gasteiger charge is -2.17. The van der Waals surface area contributed by atoms with Gasteiger partial charge in [-0.25, -0.2) is 9.97 Å². The molecule has 1 fully saturated rings. The van der Waals surface area contributed by atoms with Crippen molar-refractivity contribution in [2.24, 2.45) is 0 Å². The molecule has 0 spiro atoms. The third-order valence-electron chi connectivity index (χ3n) is 3.67. The molecule has 3 rings (SSSR count). The van der Waals surface area contributed by atoms with Crippen molar-refractivity contribution in [3.8, 4) is 0 Å². The van der Waals surface area contributed by atoms with Crippen molar-refractivity contribution in [2.45, 2.75) is 12.8 Å². The number of Topliss-reactive ketones (excluding diaryl/α,β-unsaturated/α-hetero) is 1. The Balaban J connectivity index is 1.69. The van der Waals surface area contributed by atoms with Crippen LogP contribution in [0.15, 0.2) is 47.5 Å². The van der Waals surface area contributed by atoms with Gasteiger partial charge in [-0.2, -0.15) is 0 Å². The maximum absolute atomic E-state index is 11.7. The summed E-state index contributed by atoms with van der Waals surface area (Å²) in [5, 5.41) is -0.111. The van der Waals surface area contributed by atoms with Crippen molar-refractivity contribution in [1.29, 1.82) is 0 Å². The predicted octanol–water partition coefficient (Wildman–Crippen LogP) is 2.73. The highest BCUT2D eigenvalue weighted by molar-refractivity contribution is 8.18. The van der Waals surface area contributed by atoms with Gasteiger partial charge < -0.3 is 4.90 Å². The van der Waals surface area contributed by atoms with E-state index in [2.05, 4.69) is 22.1 Å². The standard InChI is InChI=1S/C18H17N3O2S/c1-21(10-8-13-5-3-2-4-6-13)18-19-9-7-14(20-18)11-16-15(22)12-17(23)24-16/h2-7,9,11H,8,10,12H2,1H3. The van der Waals surface area contributed by atoms with Crippen molar-refractivity contribution in [3.63, 3.8) is 0 Å². The minimum Gasteiger partial charge on any atom is -0.344 e. The second-order valence-electron chi connectivity index (χ2n) is 5.52. The first-order valence-electron chi connectivity index (χ1n) is 7.65. The number of allylic oxidation sites excluding steroid dienone is 1. The molecule has 122 valence electrons. The molecule has 0 bridgehead atoms. The summed E-state index contributed by atoms with van der Waals surface area (Å²) >= 11 is 0.989. The van der Waals surface area contributed by atoms with E-state index in [4.69, 9.17) is 0 Å². The number of rotatable bonds is 5. The van der Waals surface area contributed by atoms with Crippen LogP contribution in [0.2, 0.25) is 0 Å². The molecule has 0 saturated carbocycles. The van der Waals surface area contributed by atoms with E-state index in [0.717, 1.165) is 24.7 Å². The van der Waals surface area contributed by atoms with E-state index in [1.807, 2.05) is 30.1 Å². The number of anilines is 1.